The first-order chi connectivity index (χ1) is 9.81. The summed E-state index contributed by atoms with van der Waals surface area (Å²) in [7, 11) is -4.01. The smallest absolute Gasteiger partial charge is 0.330 e. The molecule has 0 saturated carbocycles. The van der Waals surface area contributed by atoms with Gasteiger partial charge in [-0.05, 0) is 31.2 Å². The minimum absolute atomic E-state index is 0.218. The number of anilines is 1. The molecule has 0 bridgehead atoms. The van der Waals surface area contributed by atoms with Crippen LogP contribution in [0.5, 0.6) is 0 Å². The zero-order chi connectivity index (χ0) is 15.6. The van der Waals surface area contributed by atoms with E-state index < -0.39 is 21.2 Å². The van der Waals surface area contributed by atoms with Crippen molar-refractivity contribution in [3.63, 3.8) is 0 Å². The van der Waals surface area contributed by atoms with Gasteiger partial charge in [-0.25, -0.2) is 13.2 Å². The molecule has 0 aliphatic rings. The Morgan fingerprint density at radius 2 is 1.95 bits per heavy atom. The van der Waals surface area contributed by atoms with Crippen LogP contribution in [-0.2, 0) is 14.8 Å². The molecule has 0 spiro atoms. The van der Waals surface area contributed by atoms with Gasteiger partial charge in [0.2, 0.25) is 10.0 Å². The monoisotopic (exact) mass is 311 g/mol. The Balaban J connectivity index is 2.23. The normalized spacial score (nSPS) is 12.8. The van der Waals surface area contributed by atoms with Crippen LogP contribution in [0.4, 0.5) is 5.69 Å². The van der Waals surface area contributed by atoms with Gasteiger partial charge in [-0.3, -0.25) is 14.1 Å². The molecular weight excluding hydrogens is 298 g/mol. The summed E-state index contributed by atoms with van der Waals surface area (Å²) in [5.41, 5.74) is 0.453. The molecule has 1 heterocycles. The number of hydrogen-bond donors (Lipinski definition) is 3. The van der Waals surface area contributed by atoms with Crippen LogP contribution in [0, 0.1) is 0 Å². The molecule has 0 amide bonds. The van der Waals surface area contributed by atoms with Crippen LogP contribution in [0.25, 0.3) is 5.69 Å². The van der Waals surface area contributed by atoms with E-state index in [4.69, 9.17) is 5.11 Å². The van der Waals surface area contributed by atoms with Crippen molar-refractivity contribution in [3.05, 3.63) is 47.1 Å². The lowest BCUT2D eigenvalue weighted by atomic mass is 10.3. The number of imidazole rings is 1. The fourth-order valence-corrected chi connectivity index (χ4v) is 2.51. The summed E-state index contributed by atoms with van der Waals surface area (Å²) in [6, 6.07) is 5.97. The predicted octanol–water partition coefficient (Wildman–Crippen LogP) is 0.380. The molecule has 8 nitrogen and oxygen atoms in total. The van der Waals surface area contributed by atoms with Gasteiger partial charge >= 0.3 is 11.7 Å². The number of H-pyrrole nitrogens is 1. The second-order valence-electron chi connectivity index (χ2n) is 4.31. The van der Waals surface area contributed by atoms with Gasteiger partial charge in [-0.15, -0.1) is 0 Å². The second-order valence-corrected chi connectivity index (χ2v) is 6.31. The summed E-state index contributed by atoms with van der Waals surface area (Å²) in [6.45, 7) is 1.08. The van der Waals surface area contributed by atoms with Crippen LogP contribution in [0.1, 0.15) is 6.92 Å². The van der Waals surface area contributed by atoms with Crippen LogP contribution < -0.4 is 10.4 Å². The van der Waals surface area contributed by atoms with Crippen molar-refractivity contribution in [3.8, 4) is 5.69 Å². The molecule has 1 aromatic heterocycles. The summed E-state index contributed by atoms with van der Waals surface area (Å²) in [4.78, 5) is 24.6. The number of hydrogen-bond acceptors (Lipinski definition) is 4. The highest BCUT2D eigenvalue weighted by Gasteiger charge is 2.27. The van der Waals surface area contributed by atoms with E-state index in [0.717, 1.165) is 6.92 Å². The van der Waals surface area contributed by atoms with Crippen LogP contribution in [-0.4, -0.2) is 34.3 Å². The Morgan fingerprint density at radius 1 is 1.33 bits per heavy atom. The number of nitrogens with one attached hydrogen (secondary N) is 2. The average molecular weight is 311 g/mol. The van der Waals surface area contributed by atoms with Crippen molar-refractivity contribution in [1.82, 2.24) is 9.55 Å². The molecule has 1 unspecified atom stereocenters. The number of carboxylic acid groups (broad SMARTS) is 1. The van der Waals surface area contributed by atoms with Crippen LogP contribution in [0.15, 0.2) is 41.5 Å². The van der Waals surface area contributed by atoms with Gasteiger partial charge in [0, 0.05) is 18.1 Å². The Kier molecular flexibility index (Phi) is 3.85. The maximum atomic E-state index is 11.8. The number of carbonyl (C=O) groups is 1. The van der Waals surface area contributed by atoms with E-state index >= 15 is 0 Å². The molecular formula is C12H13N3O5S. The van der Waals surface area contributed by atoms with E-state index in [1.54, 1.807) is 12.1 Å². The Hall–Kier alpha value is -2.55. The molecule has 0 aliphatic heterocycles. The molecule has 1 aromatic carbocycles. The van der Waals surface area contributed by atoms with Gasteiger partial charge in [-0.1, -0.05) is 0 Å². The van der Waals surface area contributed by atoms with Crippen molar-refractivity contribution in [2.45, 2.75) is 12.2 Å². The fraction of sp³-hybridized carbons (Fsp3) is 0.167. The van der Waals surface area contributed by atoms with E-state index in [0.29, 0.717) is 5.69 Å². The summed E-state index contributed by atoms with van der Waals surface area (Å²) >= 11 is 0. The number of aromatic nitrogens is 2. The van der Waals surface area contributed by atoms with Gasteiger partial charge in [-0.2, -0.15) is 0 Å². The molecule has 0 saturated heterocycles. The minimum atomic E-state index is -4.01. The van der Waals surface area contributed by atoms with Crippen LogP contribution >= 0.6 is 0 Å². The minimum Gasteiger partial charge on any atom is -0.480 e. The van der Waals surface area contributed by atoms with Gasteiger partial charge in [0.15, 0.2) is 5.25 Å². The number of rotatable bonds is 5. The fourth-order valence-electron chi connectivity index (χ4n) is 1.60. The number of benzene rings is 1. The van der Waals surface area contributed by atoms with Crippen molar-refractivity contribution < 1.29 is 18.3 Å². The third-order valence-electron chi connectivity index (χ3n) is 2.87. The van der Waals surface area contributed by atoms with Crippen LogP contribution in [0.3, 0.4) is 0 Å². The van der Waals surface area contributed by atoms with E-state index in [1.165, 1.54) is 29.1 Å². The third kappa shape index (κ3) is 3.14. The molecule has 3 N–H and O–H groups in total. The Morgan fingerprint density at radius 3 is 2.43 bits per heavy atom. The molecule has 112 valence electrons. The Labute approximate surface area is 120 Å². The van der Waals surface area contributed by atoms with E-state index in [9.17, 15) is 18.0 Å². The van der Waals surface area contributed by atoms with Gasteiger partial charge in [0.05, 0.1) is 5.69 Å². The molecule has 2 rings (SSSR count). The number of nitrogens with zero attached hydrogens (tertiary/aromatic N) is 1. The first kappa shape index (κ1) is 14.9. The molecule has 9 heteroatoms. The molecule has 1 atom stereocenters. The number of aliphatic carboxylic acids is 1. The van der Waals surface area contributed by atoms with Crippen molar-refractivity contribution in [1.29, 1.82) is 0 Å². The quantitative estimate of drug-likeness (QED) is 0.737. The predicted molar refractivity (Wildman–Crippen MR) is 76.0 cm³/mol. The third-order valence-corrected chi connectivity index (χ3v) is 4.52. The van der Waals surface area contributed by atoms with E-state index in [-0.39, 0.29) is 11.4 Å². The summed E-state index contributed by atoms with van der Waals surface area (Å²) < 4.78 is 27.0. The summed E-state index contributed by atoms with van der Waals surface area (Å²) in [6.07, 6.45) is 3.02. The van der Waals surface area contributed by atoms with Gasteiger partial charge in [0.1, 0.15) is 0 Å². The first-order valence-electron chi connectivity index (χ1n) is 5.92. The van der Waals surface area contributed by atoms with Crippen molar-refractivity contribution >= 4 is 21.7 Å². The Bertz CT molecular complexity index is 804. The highest BCUT2D eigenvalue weighted by atomic mass is 32.2. The lowest BCUT2D eigenvalue weighted by molar-refractivity contribution is -0.136. The van der Waals surface area contributed by atoms with Crippen molar-refractivity contribution in [2.24, 2.45) is 0 Å². The molecule has 2 aromatic rings. The average Bonchev–Trinajstić information content (AvgIpc) is 2.84. The highest BCUT2D eigenvalue weighted by Crippen LogP contribution is 2.15. The zero-order valence-electron chi connectivity index (χ0n) is 11.0. The van der Waals surface area contributed by atoms with E-state index in [2.05, 4.69) is 9.71 Å². The molecule has 0 aliphatic carbocycles. The summed E-state index contributed by atoms with van der Waals surface area (Å²) in [5.74, 6) is -1.43. The van der Waals surface area contributed by atoms with E-state index in [1.807, 2.05) is 0 Å². The zero-order valence-corrected chi connectivity index (χ0v) is 11.8. The number of carboxylic acids is 1. The molecule has 0 radical (unpaired) electrons. The number of sulfonamides is 1. The maximum absolute atomic E-state index is 11.8. The lowest BCUT2D eigenvalue weighted by Crippen LogP contribution is -2.32. The molecule has 0 fully saturated rings. The largest absolute Gasteiger partial charge is 0.480 e. The topological polar surface area (TPSA) is 121 Å². The SMILES string of the molecule is CC(C(=O)O)S(=O)(=O)Nc1ccc(-n2cc[nH]c2=O)cc1. The standard InChI is InChI=1S/C12H13N3O5S/c1-8(11(16)17)21(19,20)14-9-2-4-10(5-3-9)15-7-6-13-12(15)18/h2-8,14H,1H3,(H,13,18)(H,16,17). The first-order valence-corrected chi connectivity index (χ1v) is 7.47. The number of aromatic amines is 1. The lowest BCUT2D eigenvalue weighted by Gasteiger charge is -2.11. The second kappa shape index (κ2) is 5.44. The van der Waals surface area contributed by atoms with Crippen LogP contribution in [0.2, 0.25) is 0 Å². The molecule has 21 heavy (non-hydrogen) atoms. The maximum Gasteiger partial charge on any atom is 0.330 e. The van der Waals surface area contributed by atoms with Gasteiger partial charge in [0.25, 0.3) is 0 Å². The highest BCUT2D eigenvalue weighted by molar-refractivity contribution is 7.94. The van der Waals surface area contributed by atoms with Crippen molar-refractivity contribution in [2.75, 3.05) is 4.72 Å². The van der Waals surface area contributed by atoms with Gasteiger partial charge < -0.3 is 10.1 Å². The summed E-state index contributed by atoms with van der Waals surface area (Å²) in [5, 5.41) is 7.17.